The van der Waals surface area contributed by atoms with E-state index in [9.17, 15) is 9.59 Å². The lowest BCUT2D eigenvalue weighted by Gasteiger charge is -2.46. The van der Waals surface area contributed by atoms with Gasteiger partial charge in [-0.2, -0.15) is 0 Å². The lowest BCUT2D eigenvalue weighted by molar-refractivity contribution is -0.140. The Balaban J connectivity index is 1.92. The molecule has 108 valence electrons. The molecule has 2 rings (SSSR count). The molecule has 5 heteroatoms. The molecule has 1 aliphatic heterocycles. The molecular formula is C14H24N2O3. The van der Waals surface area contributed by atoms with Gasteiger partial charge >= 0.3 is 5.97 Å². The maximum atomic E-state index is 12.0. The van der Waals surface area contributed by atoms with Crippen molar-refractivity contribution < 1.29 is 14.7 Å². The number of hydrogen-bond donors (Lipinski definition) is 3. The van der Waals surface area contributed by atoms with E-state index in [4.69, 9.17) is 5.11 Å². The first-order chi connectivity index (χ1) is 8.60. The van der Waals surface area contributed by atoms with Crippen molar-refractivity contribution in [1.29, 1.82) is 0 Å². The molecule has 0 aromatic rings. The minimum atomic E-state index is -0.855. The van der Waals surface area contributed by atoms with Gasteiger partial charge in [0.05, 0.1) is 11.8 Å². The number of aliphatic carboxylic acids is 1. The summed E-state index contributed by atoms with van der Waals surface area (Å²) in [5.74, 6) is -1.74. The number of carbonyl (C=O) groups is 2. The minimum absolute atomic E-state index is 0.0184. The third-order valence-corrected chi connectivity index (χ3v) is 3.98. The number of amides is 1. The van der Waals surface area contributed by atoms with Crippen LogP contribution in [-0.2, 0) is 9.59 Å². The third kappa shape index (κ3) is 3.47. The van der Waals surface area contributed by atoms with Crippen LogP contribution < -0.4 is 10.6 Å². The number of carbonyl (C=O) groups excluding carboxylic acids is 1. The summed E-state index contributed by atoms with van der Waals surface area (Å²) < 4.78 is 0. The van der Waals surface area contributed by atoms with Gasteiger partial charge < -0.3 is 15.7 Å². The van der Waals surface area contributed by atoms with Crippen LogP contribution in [0.25, 0.3) is 0 Å². The smallest absolute Gasteiger partial charge is 0.307 e. The summed E-state index contributed by atoms with van der Waals surface area (Å²) in [6.45, 7) is 8.52. The number of carboxylic acid groups (broad SMARTS) is 1. The van der Waals surface area contributed by atoms with Gasteiger partial charge in [-0.25, -0.2) is 0 Å². The Morgan fingerprint density at radius 3 is 2.05 bits per heavy atom. The van der Waals surface area contributed by atoms with Gasteiger partial charge in [-0.05, 0) is 47.0 Å². The van der Waals surface area contributed by atoms with E-state index >= 15 is 0 Å². The highest BCUT2D eigenvalue weighted by atomic mass is 16.4. The summed E-state index contributed by atoms with van der Waals surface area (Å²) >= 11 is 0. The quantitative estimate of drug-likeness (QED) is 0.717. The van der Waals surface area contributed by atoms with E-state index in [1.807, 2.05) is 0 Å². The molecule has 1 heterocycles. The SMILES string of the molecule is CC1(C)CC(NC(=O)C2CC2C(=O)O)CC(C)(C)N1. The van der Waals surface area contributed by atoms with Crippen molar-refractivity contribution in [2.24, 2.45) is 11.8 Å². The maximum absolute atomic E-state index is 12.0. The zero-order chi connectivity index (χ0) is 14.4. The van der Waals surface area contributed by atoms with Crippen LogP contribution in [0.2, 0.25) is 0 Å². The molecule has 2 aliphatic rings. The van der Waals surface area contributed by atoms with E-state index in [0.717, 1.165) is 12.8 Å². The first-order valence-electron chi connectivity index (χ1n) is 6.92. The normalized spacial score (nSPS) is 32.6. The van der Waals surface area contributed by atoms with Gasteiger partial charge in [-0.3, -0.25) is 9.59 Å². The second-order valence-corrected chi connectivity index (χ2v) is 7.29. The number of carboxylic acids is 1. The van der Waals surface area contributed by atoms with Crippen molar-refractivity contribution in [3.05, 3.63) is 0 Å². The molecule has 2 atom stereocenters. The largest absolute Gasteiger partial charge is 0.481 e. The van der Waals surface area contributed by atoms with E-state index in [-0.39, 0.29) is 28.9 Å². The van der Waals surface area contributed by atoms with E-state index < -0.39 is 11.9 Å². The van der Waals surface area contributed by atoms with Crippen LogP contribution in [0.15, 0.2) is 0 Å². The van der Waals surface area contributed by atoms with Crippen LogP contribution in [-0.4, -0.2) is 34.1 Å². The molecule has 0 bridgehead atoms. The molecule has 0 spiro atoms. The Hall–Kier alpha value is -1.10. The topological polar surface area (TPSA) is 78.4 Å². The van der Waals surface area contributed by atoms with Crippen molar-refractivity contribution in [1.82, 2.24) is 10.6 Å². The van der Waals surface area contributed by atoms with Crippen LogP contribution in [0, 0.1) is 11.8 Å². The molecule has 5 nitrogen and oxygen atoms in total. The number of piperidine rings is 1. The van der Waals surface area contributed by atoms with Gasteiger partial charge in [-0.1, -0.05) is 0 Å². The third-order valence-electron chi connectivity index (χ3n) is 3.98. The molecule has 2 fully saturated rings. The van der Waals surface area contributed by atoms with E-state index in [1.54, 1.807) is 0 Å². The fourth-order valence-electron chi connectivity index (χ4n) is 3.49. The van der Waals surface area contributed by atoms with E-state index in [2.05, 4.69) is 38.3 Å². The van der Waals surface area contributed by atoms with E-state index in [1.165, 1.54) is 0 Å². The van der Waals surface area contributed by atoms with Gasteiger partial charge in [0.1, 0.15) is 0 Å². The Labute approximate surface area is 114 Å². The predicted octanol–water partition coefficient (Wildman–Crippen LogP) is 1.13. The van der Waals surface area contributed by atoms with Gasteiger partial charge in [0.2, 0.25) is 5.91 Å². The number of nitrogens with one attached hydrogen (secondary N) is 2. The fourth-order valence-corrected chi connectivity index (χ4v) is 3.49. The van der Waals surface area contributed by atoms with Crippen molar-refractivity contribution in [3.8, 4) is 0 Å². The monoisotopic (exact) mass is 268 g/mol. The first kappa shape index (κ1) is 14.3. The number of hydrogen-bond acceptors (Lipinski definition) is 3. The summed E-state index contributed by atoms with van der Waals surface area (Å²) in [6, 6.07) is 0.119. The summed E-state index contributed by atoms with van der Waals surface area (Å²) in [5.41, 5.74) is -0.0368. The molecule has 19 heavy (non-hydrogen) atoms. The molecule has 0 radical (unpaired) electrons. The molecule has 1 amide bonds. The Morgan fingerprint density at radius 2 is 1.63 bits per heavy atom. The lowest BCUT2D eigenvalue weighted by Crippen LogP contribution is -2.62. The predicted molar refractivity (Wildman–Crippen MR) is 71.7 cm³/mol. The molecule has 0 aromatic heterocycles. The summed E-state index contributed by atoms with van der Waals surface area (Å²) in [5, 5.41) is 15.5. The standard InChI is InChI=1S/C14H24N2O3/c1-13(2)6-8(7-14(3,4)16-13)15-11(17)9-5-10(9)12(18)19/h8-10,16H,5-7H2,1-4H3,(H,15,17)(H,18,19). The van der Waals surface area contributed by atoms with Crippen LogP contribution in [0.1, 0.15) is 47.0 Å². The fraction of sp³-hybridized carbons (Fsp3) is 0.857. The summed E-state index contributed by atoms with van der Waals surface area (Å²) in [7, 11) is 0. The molecule has 1 aliphatic carbocycles. The summed E-state index contributed by atoms with van der Waals surface area (Å²) in [4.78, 5) is 22.8. The van der Waals surface area contributed by atoms with Gasteiger partial charge in [-0.15, -0.1) is 0 Å². The van der Waals surface area contributed by atoms with Gasteiger partial charge in [0.25, 0.3) is 0 Å². The highest BCUT2D eigenvalue weighted by Crippen LogP contribution is 2.39. The van der Waals surface area contributed by atoms with Crippen LogP contribution in [0.3, 0.4) is 0 Å². The zero-order valence-electron chi connectivity index (χ0n) is 12.1. The van der Waals surface area contributed by atoms with Crippen molar-refractivity contribution in [2.45, 2.75) is 64.1 Å². The van der Waals surface area contributed by atoms with Gasteiger partial charge in [0.15, 0.2) is 0 Å². The number of rotatable bonds is 3. The van der Waals surface area contributed by atoms with Crippen molar-refractivity contribution >= 4 is 11.9 Å². The second kappa shape index (κ2) is 4.47. The second-order valence-electron chi connectivity index (χ2n) is 7.29. The average molecular weight is 268 g/mol. The van der Waals surface area contributed by atoms with Gasteiger partial charge in [0, 0.05) is 17.1 Å². The van der Waals surface area contributed by atoms with Crippen LogP contribution >= 0.6 is 0 Å². The van der Waals surface area contributed by atoms with Crippen molar-refractivity contribution in [3.63, 3.8) is 0 Å². The zero-order valence-corrected chi connectivity index (χ0v) is 12.1. The van der Waals surface area contributed by atoms with Crippen LogP contribution in [0.4, 0.5) is 0 Å². The molecule has 3 N–H and O–H groups in total. The van der Waals surface area contributed by atoms with E-state index in [0.29, 0.717) is 6.42 Å². The minimum Gasteiger partial charge on any atom is -0.481 e. The first-order valence-corrected chi connectivity index (χ1v) is 6.92. The average Bonchev–Trinajstić information content (AvgIpc) is 2.89. The van der Waals surface area contributed by atoms with Crippen LogP contribution in [0.5, 0.6) is 0 Å². The molecule has 2 unspecified atom stereocenters. The highest BCUT2D eigenvalue weighted by Gasteiger charge is 2.49. The van der Waals surface area contributed by atoms with Crippen molar-refractivity contribution in [2.75, 3.05) is 0 Å². The molecule has 1 saturated heterocycles. The Bertz CT molecular complexity index is 387. The molecule has 0 aromatic carbocycles. The Kier molecular flexibility index (Phi) is 3.37. The highest BCUT2D eigenvalue weighted by molar-refractivity contribution is 5.89. The molecular weight excluding hydrogens is 244 g/mol. The molecule has 1 saturated carbocycles. The summed E-state index contributed by atoms with van der Waals surface area (Å²) in [6.07, 6.45) is 2.22. The maximum Gasteiger partial charge on any atom is 0.307 e. The lowest BCUT2D eigenvalue weighted by atomic mass is 9.79. The Morgan fingerprint density at radius 1 is 1.11 bits per heavy atom.